The molecule has 1 atom stereocenters. The highest BCUT2D eigenvalue weighted by Crippen LogP contribution is 2.18. The first-order valence-electron chi connectivity index (χ1n) is 7.02. The van der Waals surface area contributed by atoms with Crippen molar-refractivity contribution in [1.29, 1.82) is 5.26 Å². The molecule has 1 aromatic rings. The summed E-state index contributed by atoms with van der Waals surface area (Å²) in [6, 6.07) is 5.92. The van der Waals surface area contributed by atoms with Crippen LogP contribution < -0.4 is 5.32 Å². The van der Waals surface area contributed by atoms with Crippen LogP contribution in [0.15, 0.2) is 18.3 Å². The van der Waals surface area contributed by atoms with Crippen molar-refractivity contribution in [2.45, 2.75) is 26.2 Å². The number of anilines is 1. The molecule has 1 fully saturated rings. The van der Waals surface area contributed by atoms with E-state index in [1.165, 1.54) is 0 Å². The molecule has 1 N–H and O–H groups in total. The van der Waals surface area contributed by atoms with E-state index in [0.717, 1.165) is 38.0 Å². The van der Waals surface area contributed by atoms with Gasteiger partial charge < -0.3 is 10.2 Å². The molecule has 0 saturated carbocycles. The number of nitrogens with one attached hydrogen (secondary N) is 1. The summed E-state index contributed by atoms with van der Waals surface area (Å²) in [6.45, 7) is 4.44. The second kappa shape index (κ2) is 7.01. The Morgan fingerprint density at radius 2 is 2.50 bits per heavy atom. The summed E-state index contributed by atoms with van der Waals surface area (Å²) in [7, 11) is 0. The fourth-order valence-electron chi connectivity index (χ4n) is 2.51. The zero-order valence-corrected chi connectivity index (χ0v) is 11.8. The highest BCUT2D eigenvalue weighted by Gasteiger charge is 2.25. The van der Waals surface area contributed by atoms with Crippen LogP contribution in [0.1, 0.15) is 24.8 Å². The molecule has 0 bridgehead atoms. The highest BCUT2D eigenvalue weighted by atomic mass is 16.2. The zero-order chi connectivity index (χ0) is 14.4. The number of carbonyl (C=O) groups excluding carboxylic acids is 1. The molecule has 1 aliphatic rings. The van der Waals surface area contributed by atoms with Gasteiger partial charge in [-0.3, -0.25) is 4.79 Å². The van der Waals surface area contributed by atoms with E-state index in [1.54, 1.807) is 6.20 Å². The Morgan fingerprint density at radius 3 is 3.25 bits per heavy atom. The molecule has 1 unspecified atom stereocenters. The topological polar surface area (TPSA) is 69.0 Å². The van der Waals surface area contributed by atoms with Crippen molar-refractivity contribution in [3.8, 4) is 6.07 Å². The van der Waals surface area contributed by atoms with Crippen molar-refractivity contribution in [3.05, 3.63) is 23.9 Å². The molecule has 0 aliphatic carbocycles. The molecule has 0 spiro atoms. The Hall–Kier alpha value is -1.93. The van der Waals surface area contributed by atoms with E-state index in [-0.39, 0.29) is 11.8 Å². The first kappa shape index (κ1) is 14.5. The molecule has 0 radical (unpaired) electrons. The molecule has 5 heteroatoms. The number of hydrogen-bond donors (Lipinski definition) is 1. The van der Waals surface area contributed by atoms with Gasteiger partial charge in [-0.2, -0.15) is 5.26 Å². The van der Waals surface area contributed by atoms with Crippen LogP contribution in [-0.4, -0.2) is 35.4 Å². The average Bonchev–Trinajstić information content (AvgIpc) is 2.45. The fraction of sp³-hybridized carbons (Fsp3) is 0.533. The fourth-order valence-corrected chi connectivity index (χ4v) is 2.51. The minimum absolute atomic E-state index is 0.00949. The summed E-state index contributed by atoms with van der Waals surface area (Å²) in [6.07, 6.45) is 4.13. The van der Waals surface area contributed by atoms with E-state index in [1.807, 2.05) is 19.1 Å². The largest absolute Gasteiger partial charge is 0.310 e. The molecule has 5 nitrogen and oxygen atoms in total. The lowest BCUT2D eigenvalue weighted by atomic mass is 9.97. The maximum atomic E-state index is 12.3. The minimum atomic E-state index is -0.00949. The monoisotopic (exact) mass is 272 g/mol. The lowest BCUT2D eigenvalue weighted by molar-refractivity contribution is -0.121. The van der Waals surface area contributed by atoms with E-state index in [9.17, 15) is 4.79 Å². The van der Waals surface area contributed by atoms with Gasteiger partial charge in [0.05, 0.1) is 12.0 Å². The number of carbonyl (C=O) groups is 1. The molecule has 1 amide bonds. The van der Waals surface area contributed by atoms with Gasteiger partial charge in [-0.25, -0.2) is 4.98 Å². The number of piperidine rings is 1. The van der Waals surface area contributed by atoms with Crippen molar-refractivity contribution < 1.29 is 4.79 Å². The summed E-state index contributed by atoms with van der Waals surface area (Å²) in [5.74, 6) is 0.638. The maximum Gasteiger partial charge on any atom is 0.229 e. The van der Waals surface area contributed by atoms with Gasteiger partial charge >= 0.3 is 0 Å². The van der Waals surface area contributed by atoms with Gasteiger partial charge in [-0.1, -0.05) is 0 Å². The van der Waals surface area contributed by atoms with Crippen molar-refractivity contribution in [2.75, 3.05) is 25.0 Å². The third-order valence-electron chi connectivity index (χ3n) is 3.58. The van der Waals surface area contributed by atoms with Crippen LogP contribution in [0.3, 0.4) is 0 Å². The summed E-state index contributed by atoms with van der Waals surface area (Å²) in [4.78, 5) is 18.6. The van der Waals surface area contributed by atoms with Crippen LogP contribution in [-0.2, 0) is 4.79 Å². The molecule has 2 heterocycles. The van der Waals surface area contributed by atoms with Crippen molar-refractivity contribution in [3.63, 3.8) is 0 Å². The Labute approximate surface area is 119 Å². The lowest BCUT2D eigenvalue weighted by Gasteiger charge is -2.31. The van der Waals surface area contributed by atoms with E-state index < -0.39 is 0 Å². The van der Waals surface area contributed by atoms with Crippen LogP contribution in [0.5, 0.6) is 0 Å². The van der Waals surface area contributed by atoms with Gasteiger partial charge in [-0.05, 0) is 44.0 Å². The van der Waals surface area contributed by atoms with Gasteiger partial charge in [0.15, 0.2) is 0 Å². The van der Waals surface area contributed by atoms with Gasteiger partial charge in [0.25, 0.3) is 0 Å². The van der Waals surface area contributed by atoms with Crippen LogP contribution in [0.25, 0.3) is 0 Å². The summed E-state index contributed by atoms with van der Waals surface area (Å²) < 4.78 is 0. The summed E-state index contributed by atoms with van der Waals surface area (Å²) in [5, 5.41) is 11.5. The minimum Gasteiger partial charge on any atom is -0.310 e. The lowest BCUT2D eigenvalue weighted by Crippen LogP contribution is -2.41. The number of amides is 1. The van der Waals surface area contributed by atoms with Crippen LogP contribution in [0.2, 0.25) is 0 Å². The molecule has 106 valence electrons. The SMILES string of the molecule is Cc1ccnc(NC(=O)C2CCCN(CCC#N)C2)c1. The number of pyridine rings is 1. The third-order valence-corrected chi connectivity index (χ3v) is 3.58. The van der Waals surface area contributed by atoms with E-state index >= 15 is 0 Å². The summed E-state index contributed by atoms with van der Waals surface area (Å²) >= 11 is 0. The number of nitrogens with zero attached hydrogens (tertiary/aromatic N) is 3. The molecule has 20 heavy (non-hydrogen) atoms. The molecule has 1 aromatic heterocycles. The smallest absolute Gasteiger partial charge is 0.229 e. The van der Waals surface area contributed by atoms with Crippen LogP contribution in [0.4, 0.5) is 5.82 Å². The number of aryl methyl sites for hydroxylation is 1. The molecule has 1 aliphatic heterocycles. The summed E-state index contributed by atoms with van der Waals surface area (Å²) in [5.41, 5.74) is 1.08. The molecule has 2 rings (SSSR count). The number of nitriles is 1. The molecular weight excluding hydrogens is 252 g/mol. The number of likely N-dealkylation sites (tertiary alicyclic amines) is 1. The number of rotatable bonds is 4. The Balaban J connectivity index is 1.90. The average molecular weight is 272 g/mol. The van der Waals surface area contributed by atoms with Crippen LogP contribution in [0, 0.1) is 24.2 Å². The van der Waals surface area contributed by atoms with Crippen LogP contribution >= 0.6 is 0 Å². The van der Waals surface area contributed by atoms with Gasteiger partial charge in [0.1, 0.15) is 5.82 Å². The van der Waals surface area contributed by atoms with E-state index in [0.29, 0.717) is 12.2 Å². The Bertz CT molecular complexity index is 509. The Morgan fingerprint density at radius 1 is 1.65 bits per heavy atom. The first-order valence-corrected chi connectivity index (χ1v) is 7.02. The number of aromatic nitrogens is 1. The molecule has 1 saturated heterocycles. The molecule has 0 aromatic carbocycles. The van der Waals surface area contributed by atoms with E-state index in [2.05, 4.69) is 21.3 Å². The van der Waals surface area contributed by atoms with Gasteiger partial charge in [0.2, 0.25) is 5.91 Å². The molecular formula is C15H20N4O. The maximum absolute atomic E-state index is 12.3. The van der Waals surface area contributed by atoms with Crippen molar-refractivity contribution in [1.82, 2.24) is 9.88 Å². The Kier molecular flexibility index (Phi) is 5.08. The predicted molar refractivity (Wildman–Crippen MR) is 77.0 cm³/mol. The number of hydrogen-bond acceptors (Lipinski definition) is 4. The van der Waals surface area contributed by atoms with Gasteiger partial charge in [0, 0.05) is 25.7 Å². The van der Waals surface area contributed by atoms with Crippen molar-refractivity contribution >= 4 is 11.7 Å². The second-order valence-electron chi connectivity index (χ2n) is 5.26. The van der Waals surface area contributed by atoms with Crippen molar-refractivity contribution in [2.24, 2.45) is 5.92 Å². The van der Waals surface area contributed by atoms with E-state index in [4.69, 9.17) is 5.26 Å². The second-order valence-corrected chi connectivity index (χ2v) is 5.26. The predicted octanol–water partition coefficient (Wildman–Crippen LogP) is 1.95. The third kappa shape index (κ3) is 4.04. The first-order chi connectivity index (χ1) is 9.69. The normalized spacial score (nSPS) is 19.3. The quantitative estimate of drug-likeness (QED) is 0.909. The van der Waals surface area contributed by atoms with Gasteiger partial charge in [-0.15, -0.1) is 0 Å². The highest BCUT2D eigenvalue weighted by molar-refractivity contribution is 5.91. The standard InChI is InChI=1S/C15H20N4O/c1-12-5-7-17-14(10-12)18-15(20)13-4-2-8-19(11-13)9-3-6-16/h5,7,10,13H,2-4,8-9,11H2,1H3,(H,17,18,20). The zero-order valence-electron chi connectivity index (χ0n) is 11.8.